The summed E-state index contributed by atoms with van der Waals surface area (Å²) >= 11 is 0. The van der Waals surface area contributed by atoms with Crippen LogP contribution in [-0.2, 0) is 0 Å². The van der Waals surface area contributed by atoms with Gasteiger partial charge in [0.05, 0.1) is 0 Å². The van der Waals surface area contributed by atoms with Crippen LogP contribution in [0.5, 0.6) is 11.5 Å². The lowest BCUT2D eigenvalue weighted by Crippen LogP contribution is -2.51. The van der Waals surface area contributed by atoms with Crippen molar-refractivity contribution in [3.63, 3.8) is 0 Å². The highest BCUT2D eigenvalue weighted by molar-refractivity contribution is 6.95. The Kier molecular flexibility index (Phi) is 8.31. The molecule has 0 N–H and O–H groups in total. The molecule has 2 nitrogen and oxygen atoms in total. The van der Waals surface area contributed by atoms with E-state index in [0.717, 1.165) is 39.5 Å². The SMILES string of the molecule is c1ccc(B(c2ccccc2)c2ccc3cc(-c4cc5c6cccc7c6c(cc5c5ccccc45)-c4ccc(N(c5ccccc5)c5ccccc5)cc4O7)ccc3c2)cc1. The van der Waals surface area contributed by atoms with Gasteiger partial charge in [-0.05, 0) is 115 Å². The van der Waals surface area contributed by atoms with Crippen LogP contribution in [-0.4, -0.2) is 6.71 Å². The number of rotatable bonds is 7. The molecule has 0 atom stereocenters. The monoisotopic (exact) mass is 775 g/mol. The van der Waals surface area contributed by atoms with Gasteiger partial charge in [-0.1, -0.05) is 180 Å². The Bertz CT molecular complexity index is 3360. The molecule has 0 spiro atoms. The first-order valence-corrected chi connectivity index (χ1v) is 21.0. The Morgan fingerprint density at radius 1 is 0.311 bits per heavy atom. The molecule has 0 aromatic heterocycles. The zero-order valence-corrected chi connectivity index (χ0v) is 33.4. The first-order chi connectivity index (χ1) is 30.2. The van der Waals surface area contributed by atoms with Crippen molar-refractivity contribution in [2.24, 2.45) is 0 Å². The first kappa shape index (κ1) is 35.1. The smallest absolute Gasteiger partial charge is 0.241 e. The minimum atomic E-state index is 0.155. The fourth-order valence-electron chi connectivity index (χ4n) is 9.72. The summed E-state index contributed by atoms with van der Waals surface area (Å²) in [5, 5.41) is 9.75. The highest BCUT2D eigenvalue weighted by Crippen LogP contribution is 2.52. The third-order valence-corrected chi connectivity index (χ3v) is 12.5. The minimum Gasteiger partial charge on any atom is -0.456 e. The third kappa shape index (κ3) is 5.97. The average Bonchev–Trinajstić information content (AvgIpc) is 3.33. The van der Waals surface area contributed by atoms with E-state index < -0.39 is 0 Å². The van der Waals surface area contributed by atoms with Crippen LogP contribution in [0, 0.1) is 0 Å². The molecule has 11 aromatic rings. The lowest BCUT2D eigenvalue weighted by Gasteiger charge is -2.28. The molecule has 11 aromatic carbocycles. The molecule has 1 aliphatic rings. The number of fused-ring (bicyclic) bond motifs is 7. The molecule has 0 saturated heterocycles. The highest BCUT2D eigenvalue weighted by Gasteiger charge is 2.25. The molecule has 0 aliphatic carbocycles. The van der Waals surface area contributed by atoms with Crippen molar-refractivity contribution in [2.75, 3.05) is 4.90 Å². The quantitative estimate of drug-likeness (QED) is 0.118. The number of benzene rings is 11. The number of anilines is 3. The van der Waals surface area contributed by atoms with E-state index in [9.17, 15) is 0 Å². The minimum absolute atomic E-state index is 0.155. The van der Waals surface area contributed by atoms with Crippen molar-refractivity contribution in [1.29, 1.82) is 0 Å². The molecule has 0 fully saturated rings. The van der Waals surface area contributed by atoms with E-state index in [2.05, 4.69) is 235 Å². The Morgan fingerprint density at radius 3 is 1.59 bits per heavy atom. The van der Waals surface area contributed by atoms with E-state index in [1.54, 1.807) is 0 Å². The summed E-state index contributed by atoms with van der Waals surface area (Å²) < 4.78 is 6.87. The Hall–Kier alpha value is -7.88. The van der Waals surface area contributed by atoms with Gasteiger partial charge in [0.2, 0.25) is 6.71 Å². The highest BCUT2D eigenvalue weighted by atomic mass is 16.5. The van der Waals surface area contributed by atoms with E-state index in [-0.39, 0.29) is 6.71 Å². The number of ether oxygens (including phenoxy) is 1. The molecule has 0 bridgehead atoms. The second-order valence-corrected chi connectivity index (χ2v) is 16.0. The summed E-state index contributed by atoms with van der Waals surface area (Å²) in [4.78, 5) is 2.28. The molecule has 0 unspecified atom stereocenters. The molecule has 0 saturated carbocycles. The molecule has 1 heterocycles. The van der Waals surface area contributed by atoms with Crippen LogP contribution in [0.2, 0.25) is 0 Å². The second kappa shape index (κ2) is 14.4. The van der Waals surface area contributed by atoms with Crippen molar-refractivity contribution in [2.45, 2.75) is 0 Å². The summed E-state index contributed by atoms with van der Waals surface area (Å²) in [6.07, 6.45) is 0. The van der Waals surface area contributed by atoms with Crippen LogP contribution < -0.4 is 26.0 Å². The van der Waals surface area contributed by atoms with Crippen molar-refractivity contribution in [3.8, 4) is 33.8 Å². The number of nitrogens with zero attached hydrogens (tertiary/aromatic N) is 1. The molecule has 61 heavy (non-hydrogen) atoms. The molecular weight excluding hydrogens is 737 g/mol. The van der Waals surface area contributed by atoms with Gasteiger partial charge in [-0.25, -0.2) is 0 Å². The van der Waals surface area contributed by atoms with Gasteiger partial charge in [-0.15, -0.1) is 0 Å². The summed E-state index contributed by atoms with van der Waals surface area (Å²) in [5.41, 5.74) is 11.8. The maximum Gasteiger partial charge on any atom is 0.241 e. The predicted octanol–water partition coefficient (Wildman–Crippen LogP) is 13.7. The molecular formula is C58H38BNO. The molecule has 0 radical (unpaired) electrons. The van der Waals surface area contributed by atoms with Gasteiger partial charge in [0, 0.05) is 34.1 Å². The Morgan fingerprint density at radius 2 is 0.885 bits per heavy atom. The van der Waals surface area contributed by atoms with Crippen LogP contribution >= 0.6 is 0 Å². The summed E-state index contributed by atoms with van der Waals surface area (Å²) in [7, 11) is 0. The molecule has 1 aliphatic heterocycles. The second-order valence-electron chi connectivity index (χ2n) is 16.0. The summed E-state index contributed by atoms with van der Waals surface area (Å²) in [6, 6.07) is 83.5. The zero-order valence-electron chi connectivity index (χ0n) is 33.4. The largest absolute Gasteiger partial charge is 0.456 e. The van der Waals surface area contributed by atoms with Crippen LogP contribution in [0.1, 0.15) is 0 Å². The average molecular weight is 776 g/mol. The lowest BCUT2D eigenvalue weighted by atomic mass is 9.37. The number of hydrogen-bond donors (Lipinski definition) is 0. The zero-order chi connectivity index (χ0) is 40.3. The van der Waals surface area contributed by atoms with Crippen molar-refractivity contribution in [3.05, 3.63) is 231 Å². The van der Waals surface area contributed by atoms with Gasteiger partial charge in [0.1, 0.15) is 11.5 Å². The predicted molar refractivity (Wildman–Crippen MR) is 260 cm³/mol. The molecule has 12 rings (SSSR count). The third-order valence-electron chi connectivity index (χ3n) is 12.5. The lowest BCUT2D eigenvalue weighted by molar-refractivity contribution is 0.487. The summed E-state index contributed by atoms with van der Waals surface area (Å²) in [5.74, 6) is 1.73. The van der Waals surface area contributed by atoms with E-state index in [1.165, 1.54) is 70.8 Å². The van der Waals surface area contributed by atoms with Crippen LogP contribution in [0.4, 0.5) is 17.1 Å². The van der Waals surface area contributed by atoms with Gasteiger partial charge in [-0.3, -0.25) is 0 Å². The molecule has 3 heteroatoms. The van der Waals surface area contributed by atoms with E-state index in [1.807, 2.05) is 0 Å². The van der Waals surface area contributed by atoms with Crippen LogP contribution in [0.3, 0.4) is 0 Å². The normalized spacial score (nSPS) is 11.7. The van der Waals surface area contributed by atoms with Gasteiger partial charge in [-0.2, -0.15) is 0 Å². The Labute approximate surface area is 355 Å². The van der Waals surface area contributed by atoms with Gasteiger partial charge >= 0.3 is 0 Å². The topological polar surface area (TPSA) is 12.5 Å². The standard InChI is InChI=1S/C58H38BNO/c1-5-16-42(17-6-1)59(43-18-7-2-8-19-43)44-31-30-39-34-41(29-28-40(39)35-44)52-37-54-51-26-15-27-56-58(51)55(38-53(54)49-25-14-13-24-48(49)52)50-33-32-47(36-57(50)61-56)60(45-20-9-3-10-21-45)46-22-11-4-12-23-46/h1-38H. The number of para-hydroxylation sites is 2. The van der Waals surface area contributed by atoms with Crippen molar-refractivity contribution in [1.82, 2.24) is 0 Å². The van der Waals surface area contributed by atoms with Gasteiger partial charge in [0.25, 0.3) is 0 Å². The summed E-state index contributed by atoms with van der Waals surface area (Å²) in [6.45, 7) is 0.155. The van der Waals surface area contributed by atoms with Crippen LogP contribution in [0.15, 0.2) is 231 Å². The van der Waals surface area contributed by atoms with Crippen LogP contribution in [0.25, 0.3) is 65.3 Å². The van der Waals surface area contributed by atoms with Gasteiger partial charge in [0.15, 0.2) is 0 Å². The number of hydrogen-bond acceptors (Lipinski definition) is 2. The Balaban J connectivity index is 0.988. The fourth-order valence-corrected chi connectivity index (χ4v) is 9.72. The van der Waals surface area contributed by atoms with E-state index in [0.29, 0.717) is 0 Å². The van der Waals surface area contributed by atoms with Crippen molar-refractivity contribution >= 4 is 83.3 Å². The van der Waals surface area contributed by atoms with E-state index in [4.69, 9.17) is 4.74 Å². The van der Waals surface area contributed by atoms with E-state index >= 15 is 0 Å². The maximum absolute atomic E-state index is 6.87. The van der Waals surface area contributed by atoms with Crippen molar-refractivity contribution < 1.29 is 4.74 Å². The molecule has 0 amide bonds. The first-order valence-electron chi connectivity index (χ1n) is 21.0. The molecule has 284 valence electrons. The van der Waals surface area contributed by atoms with Gasteiger partial charge < -0.3 is 9.64 Å². The maximum atomic E-state index is 6.87. The fraction of sp³-hybridized carbons (Fsp3) is 0.